The van der Waals surface area contributed by atoms with Crippen molar-refractivity contribution >= 4 is 12.0 Å². The maximum Gasteiger partial charge on any atom is 0.326 e. The summed E-state index contributed by atoms with van der Waals surface area (Å²) in [6.45, 7) is 1.63. The second kappa shape index (κ2) is 5.47. The first-order chi connectivity index (χ1) is 6.50. The van der Waals surface area contributed by atoms with Gasteiger partial charge in [0.2, 0.25) is 0 Å². The molecule has 84 valence electrons. The van der Waals surface area contributed by atoms with Crippen molar-refractivity contribution < 1.29 is 17.3 Å². The van der Waals surface area contributed by atoms with Crippen molar-refractivity contribution in [1.82, 2.24) is 9.97 Å². The largest absolute Gasteiger partial charge is 1.00 e. The molecule has 1 aromatic heterocycles. The Balaban J connectivity index is 0.00000196. The molecular formula is C8H13ClN4O2. The highest BCUT2D eigenvalue weighted by Gasteiger charge is 2.03. The fourth-order valence-electron chi connectivity index (χ4n) is 0.942. The molecule has 0 aliphatic carbocycles. The lowest BCUT2D eigenvalue weighted by Gasteiger charge is -1.98. The van der Waals surface area contributed by atoms with Crippen LogP contribution in [0.2, 0.25) is 0 Å². The van der Waals surface area contributed by atoms with Crippen molar-refractivity contribution in [3.63, 3.8) is 0 Å². The number of aromatic nitrogens is 2. The molecule has 0 atom stereocenters. The second-order valence-electron chi connectivity index (χ2n) is 3.22. The fraction of sp³-hybridized carbons (Fsp3) is 0.375. The average molecular weight is 233 g/mol. The number of H-pyrrole nitrogens is 2. The van der Waals surface area contributed by atoms with Crippen LogP contribution in [0.3, 0.4) is 0 Å². The number of rotatable bonds is 2. The highest BCUT2D eigenvalue weighted by atomic mass is 35.5. The normalized spacial score (nSPS) is 10.7. The van der Waals surface area contributed by atoms with Crippen LogP contribution in [0, 0.1) is 6.92 Å². The van der Waals surface area contributed by atoms with Crippen LogP contribution >= 0.6 is 0 Å². The zero-order valence-corrected chi connectivity index (χ0v) is 9.47. The van der Waals surface area contributed by atoms with Crippen molar-refractivity contribution in [2.75, 3.05) is 14.1 Å². The van der Waals surface area contributed by atoms with Gasteiger partial charge in [0.25, 0.3) is 5.56 Å². The highest BCUT2D eigenvalue weighted by molar-refractivity contribution is 5.53. The van der Waals surface area contributed by atoms with E-state index in [-0.39, 0.29) is 18.1 Å². The molecule has 7 heteroatoms. The monoisotopic (exact) mass is 232 g/mol. The quantitative estimate of drug-likeness (QED) is 0.353. The number of hydrogen-bond acceptors (Lipinski definition) is 3. The van der Waals surface area contributed by atoms with Gasteiger partial charge in [-0.1, -0.05) is 0 Å². The van der Waals surface area contributed by atoms with E-state index >= 15 is 0 Å². The summed E-state index contributed by atoms with van der Waals surface area (Å²) in [6, 6.07) is 0. The Hall–Kier alpha value is -1.40. The van der Waals surface area contributed by atoms with Gasteiger partial charge in [0.15, 0.2) is 12.0 Å². The molecule has 1 aromatic rings. The van der Waals surface area contributed by atoms with Gasteiger partial charge in [0.1, 0.15) is 0 Å². The van der Waals surface area contributed by atoms with Gasteiger partial charge in [-0.2, -0.15) is 4.99 Å². The van der Waals surface area contributed by atoms with Gasteiger partial charge in [0, 0.05) is 5.69 Å². The number of aryl methyl sites for hydroxylation is 1. The van der Waals surface area contributed by atoms with Crippen molar-refractivity contribution in [1.29, 1.82) is 0 Å². The summed E-state index contributed by atoms with van der Waals surface area (Å²) in [5.74, 6) is 0. The first kappa shape index (κ1) is 13.6. The third-order valence-electron chi connectivity index (χ3n) is 1.55. The smallest absolute Gasteiger partial charge is 0.326 e. The average Bonchev–Trinajstić information content (AvgIpc) is 2.01. The lowest BCUT2D eigenvalue weighted by Crippen LogP contribution is -3.04. The van der Waals surface area contributed by atoms with Crippen molar-refractivity contribution in [2.24, 2.45) is 4.99 Å². The van der Waals surface area contributed by atoms with E-state index in [1.54, 1.807) is 13.3 Å². The Labute approximate surface area is 92.5 Å². The van der Waals surface area contributed by atoms with Gasteiger partial charge in [-0.3, -0.25) is 14.7 Å². The molecule has 0 aliphatic heterocycles. The maximum atomic E-state index is 11.3. The molecule has 0 unspecified atom stereocenters. The van der Waals surface area contributed by atoms with Crippen LogP contribution in [0.1, 0.15) is 5.69 Å². The van der Waals surface area contributed by atoms with E-state index in [2.05, 4.69) is 15.0 Å². The molecule has 0 radical (unpaired) electrons. The number of nitrogens with one attached hydrogen (secondary N) is 3. The summed E-state index contributed by atoms with van der Waals surface area (Å²) in [5, 5.41) is 0. The zero-order valence-electron chi connectivity index (χ0n) is 8.72. The van der Waals surface area contributed by atoms with Crippen LogP contribution < -0.4 is 28.6 Å². The third kappa shape index (κ3) is 3.69. The minimum atomic E-state index is -0.511. The summed E-state index contributed by atoms with van der Waals surface area (Å²) < 4.78 is 0. The molecule has 0 aliphatic rings. The van der Waals surface area contributed by atoms with E-state index in [4.69, 9.17) is 0 Å². The number of nitrogens with zero attached hydrogens (tertiary/aromatic N) is 1. The third-order valence-corrected chi connectivity index (χ3v) is 1.55. The van der Waals surface area contributed by atoms with E-state index in [0.717, 1.165) is 4.90 Å². The standard InChI is InChI=1S/C8H12N4O2.ClH/c1-5-6(9-4-12(2)3)7(13)11-8(14)10-5;/h4H,1-3H3,(H2,10,11,13,14);1H. The maximum absolute atomic E-state index is 11.3. The van der Waals surface area contributed by atoms with Crippen molar-refractivity contribution in [3.05, 3.63) is 26.5 Å². The summed E-state index contributed by atoms with van der Waals surface area (Å²) in [7, 11) is 3.75. The van der Waals surface area contributed by atoms with Crippen LogP contribution in [-0.2, 0) is 0 Å². The molecule has 0 spiro atoms. The van der Waals surface area contributed by atoms with E-state index in [1.807, 2.05) is 14.1 Å². The number of aliphatic imine (C=N–C) groups is 1. The van der Waals surface area contributed by atoms with Gasteiger partial charge >= 0.3 is 5.69 Å². The van der Waals surface area contributed by atoms with E-state index in [0.29, 0.717) is 5.69 Å². The first-order valence-corrected chi connectivity index (χ1v) is 4.18. The zero-order chi connectivity index (χ0) is 10.7. The fourth-order valence-corrected chi connectivity index (χ4v) is 0.942. The van der Waals surface area contributed by atoms with Crippen molar-refractivity contribution in [2.45, 2.75) is 6.92 Å². The van der Waals surface area contributed by atoms with Crippen molar-refractivity contribution in [3.8, 4) is 0 Å². The van der Waals surface area contributed by atoms with E-state index < -0.39 is 11.2 Å². The molecule has 1 rings (SSSR count). The molecule has 6 nitrogen and oxygen atoms in total. The topological polar surface area (TPSA) is 82.5 Å². The Bertz CT molecular complexity index is 460. The molecule has 0 saturated carbocycles. The predicted octanol–water partition coefficient (Wildman–Crippen LogP) is -4.82. The van der Waals surface area contributed by atoms with E-state index in [9.17, 15) is 9.59 Å². The molecule has 1 heterocycles. The number of quaternary nitrogens is 1. The van der Waals surface area contributed by atoms with Gasteiger partial charge < -0.3 is 17.4 Å². The first-order valence-electron chi connectivity index (χ1n) is 4.18. The van der Waals surface area contributed by atoms with Crippen LogP contribution in [0.25, 0.3) is 0 Å². The minimum Gasteiger partial charge on any atom is -1.00 e. The minimum absolute atomic E-state index is 0. The molecular weight excluding hydrogens is 220 g/mol. The summed E-state index contributed by atoms with van der Waals surface area (Å²) in [4.78, 5) is 31.6. The van der Waals surface area contributed by atoms with Crippen LogP contribution in [-0.4, -0.2) is 30.4 Å². The number of hydrogen-bond donors (Lipinski definition) is 3. The summed E-state index contributed by atoms with van der Waals surface area (Å²) >= 11 is 0. The Morgan fingerprint density at radius 1 is 1.27 bits per heavy atom. The Morgan fingerprint density at radius 3 is 2.33 bits per heavy atom. The summed E-state index contributed by atoms with van der Waals surface area (Å²) in [5.41, 5.74) is -0.269. The molecule has 3 N–H and O–H groups in total. The molecule has 0 saturated heterocycles. The van der Waals surface area contributed by atoms with Crippen LogP contribution in [0.5, 0.6) is 0 Å². The predicted molar refractivity (Wildman–Crippen MR) is 53.4 cm³/mol. The lowest BCUT2D eigenvalue weighted by atomic mass is 10.4. The SMILES string of the molecule is Cc1[nH]c(=O)[nH]c(=O)c1N=C[NH+](C)C.[Cl-]. The van der Waals surface area contributed by atoms with E-state index in [1.165, 1.54) is 0 Å². The van der Waals surface area contributed by atoms with Gasteiger partial charge in [0.05, 0.1) is 14.1 Å². The Morgan fingerprint density at radius 2 is 1.87 bits per heavy atom. The molecule has 0 fully saturated rings. The molecule has 15 heavy (non-hydrogen) atoms. The van der Waals surface area contributed by atoms with Gasteiger partial charge in [-0.15, -0.1) is 0 Å². The molecule has 0 aromatic carbocycles. The lowest BCUT2D eigenvalue weighted by molar-refractivity contribution is -0.750. The number of aromatic amines is 2. The van der Waals surface area contributed by atoms with Crippen LogP contribution in [0.15, 0.2) is 14.6 Å². The number of halogens is 1. The second-order valence-corrected chi connectivity index (χ2v) is 3.22. The van der Waals surface area contributed by atoms with Gasteiger partial charge in [-0.25, -0.2) is 4.79 Å². The highest BCUT2D eigenvalue weighted by Crippen LogP contribution is 2.04. The van der Waals surface area contributed by atoms with Gasteiger partial charge in [-0.05, 0) is 6.92 Å². The molecule has 0 bridgehead atoms. The van der Waals surface area contributed by atoms with Crippen LogP contribution in [0.4, 0.5) is 5.69 Å². The molecule has 0 amide bonds. The summed E-state index contributed by atoms with van der Waals surface area (Å²) in [6.07, 6.45) is 1.58. The Kier molecular flexibility index (Phi) is 4.96.